The molecule has 4 aliphatic carbocycles. The Morgan fingerprint density at radius 3 is 2.49 bits per heavy atom. The van der Waals surface area contributed by atoms with E-state index in [1.807, 2.05) is 6.08 Å². The van der Waals surface area contributed by atoms with Crippen LogP contribution in [0.2, 0.25) is 0 Å². The van der Waals surface area contributed by atoms with Crippen molar-refractivity contribution >= 4 is 11.9 Å². The molecule has 0 aromatic carbocycles. The van der Waals surface area contributed by atoms with Crippen LogP contribution in [-0.4, -0.2) is 43.1 Å². The molecule has 0 N–H and O–H groups in total. The van der Waals surface area contributed by atoms with Crippen molar-refractivity contribution in [1.29, 1.82) is 0 Å². The molecular weight excluding hydrogens is 540 g/mol. The van der Waals surface area contributed by atoms with Crippen molar-refractivity contribution in [3.05, 3.63) is 23.8 Å². The number of allylic oxidation sites excluding steroid dienone is 1. The van der Waals surface area contributed by atoms with Gasteiger partial charge in [0.15, 0.2) is 6.29 Å². The third-order valence-electron chi connectivity index (χ3n) is 12.5. The summed E-state index contributed by atoms with van der Waals surface area (Å²) < 4.78 is 23.2. The van der Waals surface area contributed by atoms with E-state index in [2.05, 4.69) is 40.7 Å². The van der Waals surface area contributed by atoms with E-state index in [9.17, 15) is 9.59 Å². The fourth-order valence-corrected chi connectivity index (χ4v) is 10.3. The number of ether oxygens (including phenoxy) is 4. The molecule has 0 amide bonds. The van der Waals surface area contributed by atoms with E-state index < -0.39 is 30.4 Å². The smallest absolute Gasteiger partial charge is 0.303 e. The summed E-state index contributed by atoms with van der Waals surface area (Å²) in [6.07, 6.45) is 18.7. The molecule has 4 unspecified atom stereocenters. The van der Waals surface area contributed by atoms with E-state index in [4.69, 9.17) is 18.9 Å². The van der Waals surface area contributed by atoms with Gasteiger partial charge in [0, 0.05) is 13.8 Å². The molecule has 5 rings (SSSR count). The van der Waals surface area contributed by atoms with Gasteiger partial charge in [-0.1, -0.05) is 65.5 Å². The van der Waals surface area contributed by atoms with E-state index in [1.54, 1.807) is 11.6 Å². The first kappa shape index (κ1) is 32.7. The Hall–Kier alpha value is -1.66. The summed E-state index contributed by atoms with van der Waals surface area (Å²) in [4.78, 5) is 23.0. The maximum absolute atomic E-state index is 11.6. The highest BCUT2D eigenvalue weighted by molar-refractivity contribution is 5.66. The highest BCUT2D eigenvalue weighted by Crippen LogP contribution is 2.67. The predicted molar refractivity (Wildman–Crippen MR) is 168 cm³/mol. The van der Waals surface area contributed by atoms with Crippen LogP contribution in [0.1, 0.15) is 119 Å². The van der Waals surface area contributed by atoms with Crippen molar-refractivity contribution < 1.29 is 28.5 Å². The Morgan fingerprint density at radius 1 is 0.977 bits per heavy atom. The lowest BCUT2D eigenvalue weighted by molar-refractivity contribution is -0.213. The van der Waals surface area contributed by atoms with E-state index in [1.165, 1.54) is 65.2 Å². The Balaban J connectivity index is 1.21. The minimum Gasteiger partial charge on any atom is -0.463 e. The average Bonchev–Trinajstić information content (AvgIpc) is 3.30. The second-order valence-electron chi connectivity index (χ2n) is 15.6. The number of rotatable bonds is 10. The number of carbonyl (C=O) groups is 2. The minimum atomic E-state index is -0.598. The summed E-state index contributed by atoms with van der Waals surface area (Å²) in [5, 5.41) is 0. The summed E-state index contributed by atoms with van der Waals surface area (Å²) >= 11 is 0. The number of carbonyl (C=O) groups excluding carboxylic acids is 2. The van der Waals surface area contributed by atoms with Gasteiger partial charge in [0.2, 0.25) is 0 Å². The van der Waals surface area contributed by atoms with Crippen LogP contribution in [-0.2, 0) is 28.5 Å². The molecule has 43 heavy (non-hydrogen) atoms. The fraction of sp³-hybridized carbons (Fsp3) is 0.838. The largest absolute Gasteiger partial charge is 0.463 e. The van der Waals surface area contributed by atoms with Gasteiger partial charge in [-0.3, -0.25) is 9.59 Å². The van der Waals surface area contributed by atoms with Gasteiger partial charge in [-0.2, -0.15) is 0 Å². The summed E-state index contributed by atoms with van der Waals surface area (Å²) in [5.74, 6) is 4.24. The molecule has 3 fully saturated rings. The molecule has 0 bridgehead atoms. The minimum absolute atomic E-state index is 0.0199. The van der Waals surface area contributed by atoms with E-state index in [0.29, 0.717) is 5.41 Å². The Kier molecular flexibility index (Phi) is 10.2. The molecule has 0 aromatic rings. The van der Waals surface area contributed by atoms with Crippen LogP contribution in [0.4, 0.5) is 0 Å². The van der Waals surface area contributed by atoms with Gasteiger partial charge in [-0.05, 0) is 110 Å². The summed E-state index contributed by atoms with van der Waals surface area (Å²) in [7, 11) is 0. The summed E-state index contributed by atoms with van der Waals surface area (Å²) in [6.45, 7) is 15.3. The van der Waals surface area contributed by atoms with E-state index in [0.717, 1.165) is 54.8 Å². The molecular formula is C37H58O6. The highest BCUT2D eigenvalue weighted by Gasteiger charge is 2.59. The average molecular weight is 599 g/mol. The molecule has 0 radical (unpaired) electrons. The van der Waals surface area contributed by atoms with Gasteiger partial charge in [0.05, 0.1) is 6.10 Å². The lowest BCUT2D eigenvalue weighted by Gasteiger charge is -2.58. The number of fused-ring (bicyclic) bond motifs is 5. The third kappa shape index (κ3) is 6.95. The van der Waals surface area contributed by atoms with Crippen LogP contribution in [0.25, 0.3) is 0 Å². The normalized spacial score (nSPS) is 41.1. The molecule has 0 spiro atoms. The van der Waals surface area contributed by atoms with Gasteiger partial charge in [-0.25, -0.2) is 0 Å². The summed E-state index contributed by atoms with van der Waals surface area (Å²) in [5.41, 5.74) is 2.38. The van der Waals surface area contributed by atoms with Crippen molar-refractivity contribution in [2.75, 3.05) is 6.61 Å². The van der Waals surface area contributed by atoms with Crippen molar-refractivity contribution in [1.82, 2.24) is 0 Å². The molecule has 1 heterocycles. The van der Waals surface area contributed by atoms with Gasteiger partial charge in [0.1, 0.15) is 18.8 Å². The van der Waals surface area contributed by atoms with Crippen LogP contribution < -0.4 is 0 Å². The lowest BCUT2D eigenvalue weighted by atomic mass is 9.47. The Bertz CT molecular complexity index is 1060. The van der Waals surface area contributed by atoms with Crippen molar-refractivity contribution in [2.45, 2.75) is 144 Å². The van der Waals surface area contributed by atoms with Crippen molar-refractivity contribution in [2.24, 2.45) is 46.3 Å². The van der Waals surface area contributed by atoms with Gasteiger partial charge < -0.3 is 18.9 Å². The maximum Gasteiger partial charge on any atom is 0.303 e. The topological polar surface area (TPSA) is 71.1 Å². The van der Waals surface area contributed by atoms with Crippen molar-refractivity contribution in [3.63, 3.8) is 0 Å². The summed E-state index contributed by atoms with van der Waals surface area (Å²) in [6, 6.07) is 0. The van der Waals surface area contributed by atoms with Gasteiger partial charge in [-0.15, -0.1) is 0 Å². The fourth-order valence-electron chi connectivity index (χ4n) is 10.3. The maximum atomic E-state index is 11.6. The molecule has 6 nitrogen and oxygen atoms in total. The molecule has 0 aromatic heterocycles. The SMILES string of the molecule is CC(=O)OC[C@H]1OC(O[C@H]2CC[C@@]3(C)C(=CCC4C3CC[C@@]3(C)C4CC[C@@H]3[C@H](C)CCCC(C)C)C2)C=C[C@@H]1OC(C)=O. The molecule has 11 atom stereocenters. The predicted octanol–water partition coefficient (Wildman–Crippen LogP) is 8.19. The van der Waals surface area contributed by atoms with Gasteiger partial charge >= 0.3 is 11.9 Å². The Morgan fingerprint density at radius 2 is 1.77 bits per heavy atom. The number of esters is 2. The zero-order valence-electron chi connectivity index (χ0n) is 27.9. The zero-order valence-corrected chi connectivity index (χ0v) is 27.9. The van der Waals surface area contributed by atoms with E-state index in [-0.39, 0.29) is 18.1 Å². The number of hydrogen-bond acceptors (Lipinski definition) is 6. The monoisotopic (exact) mass is 598 g/mol. The zero-order chi connectivity index (χ0) is 30.9. The molecule has 3 saturated carbocycles. The van der Waals surface area contributed by atoms with Crippen LogP contribution in [0.5, 0.6) is 0 Å². The van der Waals surface area contributed by atoms with Crippen molar-refractivity contribution in [3.8, 4) is 0 Å². The van der Waals surface area contributed by atoms with E-state index >= 15 is 0 Å². The first-order valence-corrected chi connectivity index (χ1v) is 17.4. The van der Waals surface area contributed by atoms with Gasteiger partial charge in [0.25, 0.3) is 0 Å². The Labute approximate surface area is 260 Å². The lowest BCUT2D eigenvalue weighted by Crippen LogP contribution is -2.51. The molecule has 6 heteroatoms. The molecule has 1 aliphatic heterocycles. The highest BCUT2D eigenvalue weighted by atomic mass is 16.7. The first-order valence-electron chi connectivity index (χ1n) is 17.4. The van der Waals surface area contributed by atoms with Crippen LogP contribution >= 0.6 is 0 Å². The van der Waals surface area contributed by atoms with Crippen LogP contribution in [0.3, 0.4) is 0 Å². The second-order valence-corrected chi connectivity index (χ2v) is 15.6. The van der Waals surface area contributed by atoms with Crippen LogP contribution in [0.15, 0.2) is 23.8 Å². The quantitative estimate of drug-likeness (QED) is 0.187. The molecule has 5 aliphatic rings. The second kappa shape index (κ2) is 13.4. The standard InChI is InChI=1S/C37H58O6/c1-23(2)9-8-10-24(3)30-13-14-31-29-12-11-27-21-28(17-19-36(27,6)32(29)18-20-37(30,31)7)42-35-16-15-33(41-26(5)39)34(43-35)22-40-25(4)38/h11,15-16,23-24,28-35H,8-10,12-14,17-22H2,1-7H3/t24-,28+,29?,30-,31?,32?,33+,34-,35?,36+,37-/m1/s1. The number of hydrogen-bond donors (Lipinski definition) is 0. The first-order chi connectivity index (χ1) is 20.4. The molecule has 0 saturated heterocycles. The van der Waals surface area contributed by atoms with Crippen LogP contribution in [0, 0.1) is 46.3 Å². The third-order valence-corrected chi connectivity index (χ3v) is 12.5. The molecule has 242 valence electrons.